The van der Waals surface area contributed by atoms with Gasteiger partial charge >= 0.3 is 0 Å². The summed E-state index contributed by atoms with van der Waals surface area (Å²) in [7, 11) is 0. The van der Waals surface area contributed by atoms with Crippen LogP contribution in [0, 0.1) is 0 Å². The summed E-state index contributed by atoms with van der Waals surface area (Å²) < 4.78 is 0. The van der Waals surface area contributed by atoms with E-state index < -0.39 is 0 Å². The number of carbonyl (C=O) groups excluding carboxylic acids is 1. The minimum Gasteiger partial charge on any atom is -0.330 e. The normalized spacial score (nSPS) is 10.4. The van der Waals surface area contributed by atoms with Gasteiger partial charge in [0.05, 0.1) is 0 Å². The van der Waals surface area contributed by atoms with Gasteiger partial charge in [-0.3, -0.25) is 4.79 Å². The van der Waals surface area contributed by atoms with Gasteiger partial charge in [0.15, 0.2) is 5.78 Å². The second kappa shape index (κ2) is 6.30. The largest absolute Gasteiger partial charge is 0.330 e. The smallest absolute Gasteiger partial charge is 0.164 e. The number of nitrogens with two attached hydrogens (primary N) is 1. The fourth-order valence-corrected chi connectivity index (χ4v) is 2.22. The molecule has 0 saturated heterocycles. The van der Waals surface area contributed by atoms with Gasteiger partial charge < -0.3 is 5.73 Å². The fourth-order valence-electron chi connectivity index (χ4n) is 2.22. The molecule has 0 radical (unpaired) electrons. The standard InChI is InChI=1S/C17H19NO/c1-2-13-8-9-15(17(19)10-11-18)12-16(13)14-6-4-3-5-7-14/h3-9,12H,2,10-11,18H2,1H3. The highest BCUT2D eigenvalue weighted by atomic mass is 16.1. The van der Waals surface area contributed by atoms with Gasteiger partial charge in [-0.2, -0.15) is 0 Å². The molecule has 0 heterocycles. The number of benzene rings is 2. The molecule has 19 heavy (non-hydrogen) atoms. The second-order valence-electron chi connectivity index (χ2n) is 4.55. The van der Waals surface area contributed by atoms with Crippen molar-refractivity contribution in [2.45, 2.75) is 19.8 Å². The van der Waals surface area contributed by atoms with E-state index in [1.165, 1.54) is 5.56 Å². The van der Waals surface area contributed by atoms with Crippen molar-refractivity contribution in [1.82, 2.24) is 0 Å². The topological polar surface area (TPSA) is 43.1 Å². The molecule has 2 N–H and O–H groups in total. The lowest BCUT2D eigenvalue weighted by molar-refractivity contribution is 0.0985. The Morgan fingerprint density at radius 1 is 1.11 bits per heavy atom. The molecule has 0 fully saturated rings. The monoisotopic (exact) mass is 253 g/mol. The molecule has 0 bridgehead atoms. The maximum Gasteiger partial charge on any atom is 0.164 e. The highest BCUT2D eigenvalue weighted by Crippen LogP contribution is 2.25. The fraction of sp³-hybridized carbons (Fsp3) is 0.235. The Hall–Kier alpha value is -1.93. The molecular weight excluding hydrogens is 234 g/mol. The van der Waals surface area contributed by atoms with Crippen molar-refractivity contribution in [3.05, 3.63) is 59.7 Å². The Morgan fingerprint density at radius 3 is 2.47 bits per heavy atom. The SMILES string of the molecule is CCc1ccc(C(=O)CCN)cc1-c1ccccc1. The molecule has 2 aromatic carbocycles. The third-order valence-corrected chi connectivity index (χ3v) is 3.27. The van der Waals surface area contributed by atoms with Crippen LogP contribution < -0.4 is 5.73 Å². The number of rotatable bonds is 5. The Kier molecular flexibility index (Phi) is 4.48. The lowest BCUT2D eigenvalue weighted by atomic mass is 9.94. The van der Waals surface area contributed by atoms with Crippen molar-refractivity contribution in [1.29, 1.82) is 0 Å². The molecule has 98 valence electrons. The van der Waals surface area contributed by atoms with Crippen molar-refractivity contribution in [3.8, 4) is 11.1 Å². The lowest BCUT2D eigenvalue weighted by Crippen LogP contribution is -2.08. The van der Waals surface area contributed by atoms with E-state index in [-0.39, 0.29) is 5.78 Å². The molecule has 2 aromatic rings. The molecule has 2 heteroatoms. The molecule has 0 spiro atoms. The first-order chi connectivity index (χ1) is 9.26. The summed E-state index contributed by atoms with van der Waals surface area (Å²) in [4.78, 5) is 11.9. The lowest BCUT2D eigenvalue weighted by Gasteiger charge is -2.10. The van der Waals surface area contributed by atoms with E-state index in [0.717, 1.165) is 23.1 Å². The van der Waals surface area contributed by atoms with Crippen LogP contribution in [-0.4, -0.2) is 12.3 Å². The van der Waals surface area contributed by atoms with Gasteiger partial charge in [0.2, 0.25) is 0 Å². The van der Waals surface area contributed by atoms with Gasteiger partial charge in [-0.1, -0.05) is 49.4 Å². The molecule has 0 aliphatic carbocycles. The average molecular weight is 253 g/mol. The number of Topliss-reactive ketones (excluding diaryl/α,β-unsaturated/α-hetero) is 1. The van der Waals surface area contributed by atoms with Gasteiger partial charge in [-0.05, 0) is 35.7 Å². The molecule has 2 rings (SSSR count). The minimum atomic E-state index is 0.113. The van der Waals surface area contributed by atoms with E-state index in [1.807, 2.05) is 36.4 Å². The van der Waals surface area contributed by atoms with Crippen LogP contribution >= 0.6 is 0 Å². The number of carbonyl (C=O) groups is 1. The summed E-state index contributed by atoms with van der Waals surface area (Å²) in [6, 6.07) is 16.1. The van der Waals surface area contributed by atoms with Gasteiger partial charge in [0.1, 0.15) is 0 Å². The van der Waals surface area contributed by atoms with Crippen molar-refractivity contribution in [3.63, 3.8) is 0 Å². The predicted molar refractivity (Wildman–Crippen MR) is 79.3 cm³/mol. The first-order valence-electron chi connectivity index (χ1n) is 6.68. The summed E-state index contributed by atoms with van der Waals surface area (Å²) >= 11 is 0. The Labute approximate surface area is 114 Å². The maximum atomic E-state index is 11.9. The van der Waals surface area contributed by atoms with Crippen molar-refractivity contribution in [2.75, 3.05) is 6.54 Å². The summed E-state index contributed by atoms with van der Waals surface area (Å²) in [5, 5.41) is 0. The Morgan fingerprint density at radius 2 is 1.84 bits per heavy atom. The summed E-state index contributed by atoms with van der Waals surface area (Å²) in [6.07, 6.45) is 1.36. The van der Waals surface area contributed by atoms with E-state index in [9.17, 15) is 4.79 Å². The quantitative estimate of drug-likeness (QED) is 0.829. The minimum absolute atomic E-state index is 0.113. The molecule has 0 unspecified atom stereocenters. The zero-order chi connectivity index (χ0) is 13.7. The molecule has 0 aromatic heterocycles. The zero-order valence-electron chi connectivity index (χ0n) is 11.2. The number of ketones is 1. The summed E-state index contributed by atoms with van der Waals surface area (Å²) in [6.45, 7) is 2.53. The predicted octanol–water partition coefficient (Wildman–Crippen LogP) is 3.45. The van der Waals surface area contributed by atoms with E-state index in [2.05, 4.69) is 19.1 Å². The van der Waals surface area contributed by atoms with Crippen LogP contribution in [0.1, 0.15) is 29.3 Å². The molecule has 0 aliphatic rings. The highest BCUT2D eigenvalue weighted by Gasteiger charge is 2.09. The summed E-state index contributed by atoms with van der Waals surface area (Å²) in [5.74, 6) is 0.113. The van der Waals surface area contributed by atoms with Crippen LogP contribution in [0.3, 0.4) is 0 Å². The third-order valence-electron chi connectivity index (χ3n) is 3.27. The van der Waals surface area contributed by atoms with E-state index in [4.69, 9.17) is 5.73 Å². The molecular formula is C17H19NO. The van der Waals surface area contributed by atoms with Crippen LogP contribution in [0.15, 0.2) is 48.5 Å². The van der Waals surface area contributed by atoms with Crippen molar-refractivity contribution < 1.29 is 4.79 Å². The molecule has 0 saturated carbocycles. The third kappa shape index (κ3) is 3.09. The van der Waals surface area contributed by atoms with E-state index in [0.29, 0.717) is 13.0 Å². The first-order valence-corrected chi connectivity index (χ1v) is 6.68. The van der Waals surface area contributed by atoms with Crippen LogP contribution in [0.25, 0.3) is 11.1 Å². The Balaban J connectivity index is 2.46. The highest BCUT2D eigenvalue weighted by molar-refractivity contribution is 5.97. The molecule has 0 aliphatic heterocycles. The van der Waals surface area contributed by atoms with Gasteiger partial charge in [-0.25, -0.2) is 0 Å². The van der Waals surface area contributed by atoms with Crippen molar-refractivity contribution in [2.24, 2.45) is 5.73 Å². The van der Waals surface area contributed by atoms with E-state index in [1.54, 1.807) is 0 Å². The molecule has 0 atom stereocenters. The van der Waals surface area contributed by atoms with Gasteiger partial charge in [0.25, 0.3) is 0 Å². The molecule has 2 nitrogen and oxygen atoms in total. The van der Waals surface area contributed by atoms with Crippen LogP contribution in [-0.2, 0) is 6.42 Å². The average Bonchev–Trinajstić information content (AvgIpc) is 2.47. The van der Waals surface area contributed by atoms with Crippen LogP contribution in [0.5, 0.6) is 0 Å². The van der Waals surface area contributed by atoms with Gasteiger partial charge in [-0.15, -0.1) is 0 Å². The maximum absolute atomic E-state index is 11.9. The number of hydrogen-bond acceptors (Lipinski definition) is 2. The van der Waals surface area contributed by atoms with Gasteiger partial charge in [0, 0.05) is 12.0 Å². The van der Waals surface area contributed by atoms with E-state index >= 15 is 0 Å². The first kappa shape index (κ1) is 13.5. The number of aryl methyl sites for hydroxylation is 1. The second-order valence-corrected chi connectivity index (χ2v) is 4.55. The summed E-state index contributed by atoms with van der Waals surface area (Å²) in [5.41, 5.74) is 9.76. The zero-order valence-corrected chi connectivity index (χ0v) is 11.2. The van der Waals surface area contributed by atoms with Crippen LogP contribution in [0.2, 0.25) is 0 Å². The Bertz CT molecular complexity index is 561. The van der Waals surface area contributed by atoms with Crippen molar-refractivity contribution >= 4 is 5.78 Å². The molecule has 0 amide bonds. The van der Waals surface area contributed by atoms with Crippen LogP contribution in [0.4, 0.5) is 0 Å². The number of hydrogen-bond donors (Lipinski definition) is 1.